The van der Waals surface area contributed by atoms with Gasteiger partial charge in [0.2, 0.25) is 5.95 Å². The number of aromatic nitrogens is 2. The fourth-order valence-electron chi connectivity index (χ4n) is 2.75. The maximum atomic E-state index is 6.33. The number of nitrogens with zero attached hydrogens (tertiary/aromatic N) is 3. The fraction of sp³-hybridized carbons (Fsp3) is 0.238. The molecule has 2 aromatic carbocycles. The molecule has 0 radical (unpaired) electrons. The number of rotatable bonds is 7. The third-order valence-electron chi connectivity index (χ3n) is 4.31. The Kier molecular flexibility index (Phi) is 6.96. The van der Waals surface area contributed by atoms with E-state index in [-0.39, 0.29) is 0 Å². The van der Waals surface area contributed by atoms with Gasteiger partial charge in [0, 0.05) is 13.1 Å². The first-order valence-corrected chi connectivity index (χ1v) is 10.2. The number of halogens is 2. The highest BCUT2D eigenvalue weighted by Gasteiger charge is 2.15. The van der Waals surface area contributed by atoms with E-state index < -0.39 is 0 Å². The van der Waals surface area contributed by atoms with Crippen LogP contribution in [0.3, 0.4) is 0 Å². The molecule has 0 saturated heterocycles. The van der Waals surface area contributed by atoms with Gasteiger partial charge in [0.15, 0.2) is 0 Å². The Morgan fingerprint density at radius 3 is 1.71 bits per heavy atom. The molecule has 3 aromatic rings. The summed E-state index contributed by atoms with van der Waals surface area (Å²) in [5.74, 6) is 2.26. The van der Waals surface area contributed by atoms with Crippen molar-refractivity contribution in [3.8, 4) is 11.5 Å². The van der Waals surface area contributed by atoms with Crippen LogP contribution < -0.4 is 14.4 Å². The minimum Gasteiger partial charge on any atom is -0.497 e. The molecule has 28 heavy (non-hydrogen) atoms. The van der Waals surface area contributed by atoms with Crippen LogP contribution in [0, 0.1) is 10.5 Å². The lowest BCUT2D eigenvalue weighted by molar-refractivity contribution is 0.414. The number of hydrogen-bond donors (Lipinski definition) is 0. The SMILES string of the molecule is COc1ccc(CN(Cc2ccc(OC)cc2)c2nc(C)c(I)c(Cl)n2)cc1. The quantitative estimate of drug-likeness (QED) is 0.321. The predicted molar refractivity (Wildman–Crippen MR) is 120 cm³/mol. The van der Waals surface area contributed by atoms with Gasteiger partial charge >= 0.3 is 0 Å². The minimum absolute atomic E-state index is 0.470. The molecule has 0 aliphatic heterocycles. The van der Waals surface area contributed by atoms with Gasteiger partial charge in [0.05, 0.1) is 23.5 Å². The number of ether oxygens (including phenoxy) is 2. The second-order valence-electron chi connectivity index (χ2n) is 6.27. The molecule has 0 amide bonds. The van der Waals surface area contributed by atoms with Crippen molar-refractivity contribution in [1.29, 1.82) is 0 Å². The van der Waals surface area contributed by atoms with Crippen LogP contribution in [0.2, 0.25) is 5.15 Å². The minimum atomic E-state index is 0.470. The molecule has 0 spiro atoms. The molecule has 0 fully saturated rings. The smallest absolute Gasteiger partial charge is 0.227 e. The van der Waals surface area contributed by atoms with Crippen molar-refractivity contribution in [2.75, 3.05) is 19.1 Å². The highest BCUT2D eigenvalue weighted by Crippen LogP contribution is 2.25. The summed E-state index contributed by atoms with van der Waals surface area (Å²) in [4.78, 5) is 11.3. The average Bonchev–Trinajstić information content (AvgIpc) is 2.72. The van der Waals surface area contributed by atoms with Gasteiger partial charge in [-0.15, -0.1) is 0 Å². The molecule has 3 rings (SSSR count). The molecule has 0 unspecified atom stereocenters. The number of aryl methyl sites for hydroxylation is 1. The van der Waals surface area contributed by atoms with Gasteiger partial charge < -0.3 is 14.4 Å². The van der Waals surface area contributed by atoms with Crippen LogP contribution >= 0.6 is 34.2 Å². The van der Waals surface area contributed by atoms with Gasteiger partial charge in [-0.1, -0.05) is 35.9 Å². The van der Waals surface area contributed by atoms with E-state index in [9.17, 15) is 0 Å². The molecule has 7 heteroatoms. The zero-order chi connectivity index (χ0) is 20.1. The molecule has 1 heterocycles. The van der Waals surface area contributed by atoms with Gasteiger partial charge in [0.25, 0.3) is 0 Å². The first kappa shape index (κ1) is 20.7. The number of anilines is 1. The fourth-order valence-corrected chi connectivity index (χ4v) is 3.21. The van der Waals surface area contributed by atoms with Crippen LogP contribution in [0.1, 0.15) is 16.8 Å². The monoisotopic (exact) mass is 509 g/mol. The van der Waals surface area contributed by atoms with E-state index in [0.29, 0.717) is 24.2 Å². The van der Waals surface area contributed by atoms with E-state index >= 15 is 0 Å². The normalized spacial score (nSPS) is 10.6. The highest BCUT2D eigenvalue weighted by atomic mass is 127. The van der Waals surface area contributed by atoms with E-state index in [0.717, 1.165) is 31.9 Å². The molecule has 0 saturated carbocycles. The Morgan fingerprint density at radius 1 is 0.857 bits per heavy atom. The van der Waals surface area contributed by atoms with Crippen molar-refractivity contribution in [2.45, 2.75) is 20.0 Å². The summed E-state index contributed by atoms with van der Waals surface area (Å²) < 4.78 is 11.4. The molecular formula is C21H21ClIN3O2. The van der Waals surface area contributed by atoms with Crippen molar-refractivity contribution in [1.82, 2.24) is 9.97 Å². The van der Waals surface area contributed by atoms with Gasteiger partial charge in [-0.05, 0) is 64.9 Å². The number of benzene rings is 2. The van der Waals surface area contributed by atoms with Crippen molar-refractivity contribution in [3.05, 3.63) is 74.1 Å². The molecule has 1 aromatic heterocycles. The lowest BCUT2D eigenvalue weighted by Gasteiger charge is -2.24. The maximum absolute atomic E-state index is 6.33. The molecule has 146 valence electrons. The van der Waals surface area contributed by atoms with Crippen LogP contribution in [0.25, 0.3) is 0 Å². The van der Waals surface area contributed by atoms with E-state index in [1.54, 1.807) is 14.2 Å². The Balaban J connectivity index is 1.92. The van der Waals surface area contributed by atoms with Crippen LogP contribution in [0.15, 0.2) is 48.5 Å². The average molecular weight is 510 g/mol. The summed E-state index contributed by atoms with van der Waals surface area (Å²) in [5.41, 5.74) is 3.13. The van der Waals surface area contributed by atoms with E-state index in [2.05, 4.69) is 37.5 Å². The van der Waals surface area contributed by atoms with Crippen molar-refractivity contribution < 1.29 is 9.47 Å². The summed E-state index contributed by atoms with van der Waals surface area (Å²) in [6.07, 6.45) is 0. The predicted octanol–water partition coefficient (Wildman–Crippen LogP) is 5.27. The molecule has 0 aliphatic rings. The second-order valence-corrected chi connectivity index (χ2v) is 7.70. The Morgan fingerprint density at radius 2 is 1.32 bits per heavy atom. The Labute approximate surface area is 183 Å². The van der Waals surface area contributed by atoms with Crippen LogP contribution in [-0.2, 0) is 13.1 Å². The lowest BCUT2D eigenvalue weighted by Crippen LogP contribution is -2.25. The molecular weight excluding hydrogens is 489 g/mol. The highest BCUT2D eigenvalue weighted by molar-refractivity contribution is 14.1. The number of methoxy groups -OCH3 is 2. The molecule has 0 aliphatic carbocycles. The molecule has 5 nitrogen and oxygen atoms in total. The number of hydrogen-bond acceptors (Lipinski definition) is 5. The van der Waals surface area contributed by atoms with Crippen LogP contribution in [0.4, 0.5) is 5.95 Å². The molecule has 0 atom stereocenters. The standard InChI is InChI=1S/C21H21ClIN3O2/c1-14-19(23)20(22)25-21(24-14)26(12-15-4-8-17(27-2)9-5-15)13-16-6-10-18(28-3)11-7-16/h4-11H,12-13H2,1-3H3. The summed E-state index contributed by atoms with van der Waals surface area (Å²) in [6.45, 7) is 3.23. The molecule has 0 bridgehead atoms. The maximum Gasteiger partial charge on any atom is 0.227 e. The second kappa shape index (κ2) is 9.43. The Bertz CT molecular complexity index is 861. The summed E-state index contributed by atoms with van der Waals surface area (Å²) in [6, 6.07) is 16.0. The van der Waals surface area contributed by atoms with E-state index in [1.807, 2.05) is 55.5 Å². The zero-order valence-corrected chi connectivity index (χ0v) is 18.9. The van der Waals surface area contributed by atoms with Crippen molar-refractivity contribution >= 4 is 40.1 Å². The topological polar surface area (TPSA) is 47.5 Å². The van der Waals surface area contributed by atoms with Crippen LogP contribution in [-0.4, -0.2) is 24.2 Å². The first-order chi connectivity index (χ1) is 13.5. The third kappa shape index (κ3) is 5.05. The summed E-state index contributed by atoms with van der Waals surface area (Å²) in [7, 11) is 3.32. The van der Waals surface area contributed by atoms with Gasteiger partial charge in [-0.3, -0.25) is 0 Å². The summed E-state index contributed by atoms with van der Waals surface area (Å²) in [5, 5.41) is 0.470. The van der Waals surface area contributed by atoms with Crippen molar-refractivity contribution in [2.24, 2.45) is 0 Å². The van der Waals surface area contributed by atoms with Gasteiger partial charge in [0.1, 0.15) is 16.7 Å². The Hall–Kier alpha value is -2.06. The lowest BCUT2D eigenvalue weighted by atomic mass is 10.1. The largest absolute Gasteiger partial charge is 0.497 e. The van der Waals surface area contributed by atoms with E-state index in [1.165, 1.54) is 0 Å². The third-order valence-corrected chi connectivity index (χ3v) is 6.20. The van der Waals surface area contributed by atoms with Gasteiger partial charge in [-0.2, -0.15) is 4.98 Å². The van der Waals surface area contributed by atoms with E-state index in [4.69, 9.17) is 21.1 Å². The van der Waals surface area contributed by atoms with Crippen molar-refractivity contribution in [3.63, 3.8) is 0 Å². The van der Waals surface area contributed by atoms with Crippen LogP contribution in [0.5, 0.6) is 11.5 Å². The molecule has 0 N–H and O–H groups in total. The summed E-state index contributed by atoms with van der Waals surface area (Å²) >= 11 is 8.50. The zero-order valence-electron chi connectivity index (χ0n) is 15.9. The van der Waals surface area contributed by atoms with Gasteiger partial charge in [-0.25, -0.2) is 4.98 Å². The first-order valence-electron chi connectivity index (χ1n) is 8.70.